The predicted octanol–water partition coefficient (Wildman–Crippen LogP) is 4.30. The molecule has 2 rings (SSSR count). The standard InChI is InChI=1S/C15H21BrFN/c1-2-10-18-14(11-6-7-11)9-8-12-4-3-5-13(16)15(12)17/h3-5,11,14,18H,2,6-10H2,1H3. The highest BCUT2D eigenvalue weighted by Crippen LogP contribution is 2.34. The van der Waals surface area contributed by atoms with E-state index in [1.165, 1.54) is 12.8 Å². The summed E-state index contributed by atoms with van der Waals surface area (Å²) in [5, 5.41) is 3.60. The second-order valence-electron chi connectivity index (χ2n) is 5.15. The summed E-state index contributed by atoms with van der Waals surface area (Å²) < 4.78 is 14.4. The van der Waals surface area contributed by atoms with Gasteiger partial charge in [0.2, 0.25) is 0 Å². The summed E-state index contributed by atoms with van der Waals surface area (Å²) in [6, 6.07) is 6.13. The first-order valence-corrected chi connectivity index (χ1v) is 7.68. The molecular weight excluding hydrogens is 293 g/mol. The van der Waals surface area contributed by atoms with Crippen molar-refractivity contribution in [2.45, 2.75) is 45.1 Å². The maximum absolute atomic E-state index is 13.9. The van der Waals surface area contributed by atoms with Crippen LogP contribution in [-0.2, 0) is 6.42 Å². The van der Waals surface area contributed by atoms with E-state index in [2.05, 4.69) is 28.2 Å². The molecule has 3 heteroatoms. The molecule has 1 atom stereocenters. The number of nitrogens with one attached hydrogen (secondary N) is 1. The van der Waals surface area contributed by atoms with Crippen LogP contribution < -0.4 is 5.32 Å². The summed E-state index contributed by atoms with van der Waals surface area (Å²) in [6.07, 6.45) is 5.69. The first kappa shape index (κ1) is 14.0. The van der Waals surface area contributed by atoms with E-state index in [1.807, 2.05) is 12.1 Å². The van der Waals surface area contributed by atoms with Crippen molar-refractivity contribution >= 4 is 15.9 Å². The van der Waals surface area contributed by atoms with Gasteiger partial charge in [-0.05, 0) is 72.1 Å². The lowest BCUT2D eigenvalue weighted by molar-refractivity contribution is 0.432. The molecule has 0 bridgehead atoms. The average Bonchev–Trinajstić information content (AvgIpc) is 3.18. The maximum Gasteiger partial charge on any atom is 0.140 e. The van der Waals surface area contributed by atoms with Gasteiger partial charge in [-0.1, -0.05) is 19.1 Å². The van der Waals surface area contributed by atoms with Crippen LogP contribution in [0.3, 0.4) is 0 Å². The molecular formula is C15H21BrFN. The van der Waals surface area contributed by atoms with E-state index in [0.717, 1.165) is 37.3 Å². The minimum Gasteiger partial charge on any atom is -0.314 e. The van der Waals surface area contributed by atoms with Gasteiger partial charge < -0.3 is 5.32 Å². The van der Waals surface area contributed by atoms with Crippen LogP contribution in [0.25, 0.3) is 0 Å². The fourth-order valence-electron chi connectivity index (χ4n) is 2.39. The van der Waals surface area contributed by atoms with Crippen molar-refractivity contribution in [2.75, 3.05) is 6.54 Å². The van der Waals surface area contributed by atoms with Crippen molar-refractivity contribution in [3.8, 4) is 0 Å². The lowest BCUT2D eigenvalue weighted by Gasteiger charge is -2.18. The number of halogens is 2. The van der Waals surface area contributed by atoms with Crippen molar-refractivity contribution in [1.29, 1.82) is 0 Å². The highest BCUT2D eigenvalue weighted by molar-refractivity contribution is 9.10. The summed E-state index contributed by atoms with van der Waals surface area (Å²) in [5.41, 5.74) is 0.827. The number of hydrogen-bond acceptors (Lipinski definition) is 1. The number of rotatable bonds is 7. The first-order valence-electron chi connectivity index (χ1n) is 6.88. The van der Waals surface area contributed by atoms with E-state index >= 15 is 0 Å². The van der Waals surface area contributed by atoms with Gasteiger partial charge in [-0.2, -0.15) is 0 Å². The van der Waals surface area contributed by atoms with Crippen molar-refractivity contribution in [3.63, 3.8) is 0 Å². The third-order valence-corrected chi connectivity index (χ3v) is 4.22. The molecule has 18 heavy (non-hydrogen) atoms. The molecule has 1 aromatic rings. The Labute approximate surface area is 117 Å². The van der Waals surface area contributed by atoms with Gasteiger partial charge in [0.15, 0.2) is 0 Å². The van der Waals surface area contributed by atoms with Crippen LogP contribution in [0.1, 0.15) is 38.2 Å². The van der Waals surface area contributed by atoms with Gasteiger partial charge in [-0.15, -0.1) is 0 Å². The van der Waals surface area contributed by atoms with Crippen LogP contribution >= 0.6 is 15.9 Å². The zero-order valence-corrected chi connectivity index (χ0v) is 12.5. The van der Waals surface area contributed by atoms with Crippen molar-refractivity contribution < 1.29 is 4.39 Å². The van der Waals surface area contributed by atoms with Gasteiger partial charge in [0.25, 0.3) is 0 Å². The van der Waals surface area contributed by atoms with Gasteiger partial charge in [0.1, 0.15) is 5.82 Å². The molecule has 1 nitrogen and oxygen atoms in total. The summed E-state index contributed by atoms with van der Waals surface area (Å²) in [7, 11) is 0. The van der Waals surface area contributed by atoms with E-state index in [0.29, 0.717) is 10.5 Å². The topological polar surface area (TPSA) is 12.0 Å². The SMILES string of the molecule is CCCNC(CCc1cccc(Br)c1F)C1CC1. The fourth-order valence-corrected chi connectivity index (χ4v) is 2.79. The second kappa shape index (κ2) is 6.67. The smallest absolute Gasteiger partial charge is 0.140 e. The largest absolute Gasteiger partial charge is 0.314 e. The molecule has 1 aliphatic carbocycles. The van der Waals surface area contributed by atoms with Crippen LogP contribution in [0.2, 0.25) is 0 Å². The third kappa shape index (κ3) is 3.79. The van der Waals surface area contributed by atoms with E-state index in [-0.39, 0.29) is 5.82 Å². The zero-order valence-electron chi connectivity index (χ0n) is 10.9. The minimum atomic E-state index is -0.0949. The summed E-state index contributed by atoms with van der Waals surface area (Å²) >= 11 is 3.25. The lowest BCUT2D eigenvalue weighted by atomic mass is 10.0. The molecule has 100 valence electrons. The molecule has 0 saturated heterocycles. The van der Waals surface area contributed by atoms with E-state index in [9.17, 15) is 4.39 Å². The number of aryl methyl sites for hydroxylation is 1. The average molecular weight is 314 g/mol. The molecule has 0 spiro atoms. The van der Waals surface area contributed by atoms with Crippen LogP contribution in [0, 0.1) is 11.7 Å². The van der Waals surface area contributed by atoms with Crippen LogP contribution in [0.5, 0.6) is 0 Å². The maximum atomic E-state index is 13.9. The van der Waals surface area contributed by atoms with E-state index in [4.69, 9.17) is 0 Å². The van der Waals surface area contributed by atoms with Crippen LogP contribution in [-0.4, -0.2) is 12.6 Å². The molecule has 1 N–H and O–H groups in total. The molecule has 0 amide bonds. The van der Waals surface area contributed by atoms with Gasteiger partial charge in [0.05, 0.1) is 4.47 Å². The molecule has 1 aliphatic rings. The molecule has 0 heterocycles. The van der Waals surface area contributed by atoms with E-state index in [1.54, 1.807) is 6.07 Å². The highest BCUT2D eigenvalue weighted by Gasteiger charge is 2.30. The molecule has 1 fully saturated rings. The Morgan fingerprint density at radius 2 is 2.22 bits per heavy atom. The Hall–Kier alpha value is -0.410. The van der Waals surface area contributed by atoms with Gasteiger partial charge >= 0.3 is 0 Å². The Morgan fingerprint density at radius 3 is 2.89 bits per heavy atom. The quantitative estimate of drug-likeness (QED) is 0.791. The van der Waals surface area contributed by atoms with Crippen molar-refractivity contribution in [1.82, 2.24) is 5.32 Å². The minimum absolute atomic E-state index is 0.0949. The molecule has 1 aromatic carbocycles. The van der Waals surface area contributed by atoms with Gasteiger partial charge in [-0.25, -0.2) is 4.39 Å². The van der Waals surface area contributed by atoms with Gasteiger partial charge in [0, 0.05) is 6.04 Å². The fraction of sp³-hybridized carbons (Fsp3) is 0.600. The monoisotopic (exact) mass is 313 g/mol. The molecule has 1 saturated carbocycles. The zero-order chi connectivity index (χ0) is 13.0. The van der Waals surface area contributed by atoms with Crippen LogP contribution in [0.15, 0.2) is 22.7 Å². The Balaban J connectivity index is 1.90. The summed E-state index contributed by atoms with van der Waals surface area (Å²) in [6.45, 7) is 3.26. The molecule has 0 aliphatic heterocycles. The Bertz CT molecular complexity index is 390. The molecule has 0 radical (unpaired) electrons. The normalized spacial score (nSPS) is 16.8. The first-order chi connectivity index (χ1) is 8.72. The number of hydrogen-bond donors (Lipinski definition) is 1. The van der Waals surface area contributed by atoms with Crippen LogP contribution in [0.4, 0.5) is 4.39 Å². The van der Waals surface area contributed by atoms with Crippen molar-refractivity contribution in [2.24, 2.45) is 5.92 Å². The number of benzene rings is 1. The molecule has 0 aromatic heterocycles. The van der Waals surface area contributed by atoms with Gasteiger partial charge in [-0.3, -0.25) is 0 Å². The summed E-state index contributed by atoms with van der Waals surface area (Å²) in [4.78, 5) is 0. The predicted molar refractivity (Wildman–Crippen MR) is 77.2 cm³/mol. The molecule has 1 unspecified atom stereocenters. The van der Waals surface area contributed by atoms with Crippen molar-refractivity contribution in [3.05, 3.63) is 34.1 Å². The highest BCUT2D eigenvalue weighted by atomic mass is 79.9. The third-order valence-electron chi connectivity index (χ3n) is 3.60. The Kier molecular flexibility index (Phi) is 5.19. The Morgan fingerprint density at radius 1 is 1.44 bits per heavy atom. The lowest BCUT2D eigenvalue weighted by Crippen LogP contribution is -2.32. The second-order valence-corrected chi connectivity index (χ2v) is 6.00. The summed E-state index contributed by atoms with van der Waals surface area (Å²) in [5.74, 6) is 0.731. The van der Waals surface area contributed by atoms with E-state index < -0.39 is 0 Å².